The Bertz CT molecular complexity index is 355. The SMILES string of the molecule is Cc1cc(-c2ccc(Cl)s2)no1. The summed E-state index contributed by atoms with van der Waals surface area (Å²) in [5.41, 5.74) is 0.851. The zero-order valence-electron chi connectivity index (χ0n) is 6.37. The smallest absolute Gasteiger partial charge is 0.134 e. The standard InChI is InChI=1S/C8H6ClNOS/c1-5-4-6(10-11-5)7-2-3-8(9)12-7/h2-4H,1H3. The van der Waals surface area contributed by atoms with Gasteiger partial charge in [-0.2, -0.15) is 0 Å². The van der Waals surface area contributed by atoms with Crippen molar-refractivity contribution in [2.24, 2.45) is 0 Å². The number of nitrogens with zero attached hydrogens (tertiary/aromatic N) is 1. The first-order chi connectivity index (χ1) is 5.75. The zero-order valence-corrected chi connectivity index (χ0v) is 7.95. The average Bonchev–Trinajstić information content (AvgIpc) is 2.58. The lowest BCUT2D eigenvalue weighted by molar-refractivity contribution is 0.400. The normalized spacial score (nSPS) is 10.5. The van der Waals surface area contributed by atoms with E-state index in [0.29, 0.717) is 0 Å². The van der Waals surface area contributed by atoms with Crippen LogP contribution in [0.1, 0.15) is 5.76 Å². The van der Waals surface area contributed by atoms with E-state index >= 15 is 0 Å². The molecule has 2 aromatic heterocycles. The molecule has 2 rings (SSSR count). The molecule has 0 spiro atoms. The molecule has 62 valence electrons. The van der Waals surface area contributed by atoms with Gasteiger partial charge in [-0.3, -0.25) is 0 Å². The average molecular weight is 200 g/mol. The van der Waals surface area contributed by atoms with E-state index in [-0.39, 0.29) is 0 Å². The predicted molar refractivity (Wildman–Crippen MR) is 49.6 cm³/mol. The lowest BCUT2D eigenvalue weighted by Gasteiger charge is -1.82. The Hall–Kier alpha value is -0.800. The lowest BCUT2D eigenvalue weighted by Crippen LogP contribution is -1.65. The minimum absolute atomic E-state index is 0.769. The number of aromatic nitrogens is 1. The minimum Gasteiger partial charge on any atom is -0.361 e. The number of aryl methyl sites for hydroxylation is 1. The van der Waals surface area contributed by atoms with Crippen molar-refractivity contribution in [1.29, 1.82) is 0 Å². The van der Waals surface area contributed by atoms with Crippen LogP contribution >= 0.6 is 22.9 Å². The van der Waals surface area contributed by atoms with E-state index in [1.165, 1.54) is 11.3 Å². The Labute approximate surface area is 78.8 Å². The van der Waals surface area contributed by atoms with Crippen LogP contribution in [0.4, 0.5) is 0 Å². The lowest BCUT2D eigenvalue weighted by atomic mass is 10.3. The summed E-state index contributed by atoms with van der Waals surface area (Å²) in [5, 5.41) is 3.88. The summed E-state index contributed by atoms with van der Waals surface area (Å²) in [6, 6.07) is 5.68. The third-order valence-corrected chi connectivity index (χ3v) is 2.71. The van der Waals surface area contributed by atoms with Crippen molar-refractivity contribution in [3.63, 3.8) is 0 Å². The van der Waals surface area contributed by atoms with Crippen molar-refractivity contribution in [1.82, 2.24) is 5.16 Å². The largest absolute Gasteiger partial charge is 0.361 e. The number of rotatable bonds is 1. The van der Waals surface area contributed by atoms with Crippen LogP contribution < -0.4 is 0 Å². The van der Waals surface area contributed by atoms with E-state index in [0.717, 1.165) is 20.7 Å². The molecule has 0 bridgehead atoms. The Morgan fingerprint density at radius 2 is 2.33 bits per heavy atom. The molecule has 0 atom stereocenters. The topological polar surface area (TPSA) is 26.0 Å². The van der Waals surface area contributed by atoms with Crippen molar-refractivity contribution in [3.05, 3.63) is 28.3 Å². The maximum atomic E-state index is 5.78. The van der Waals surface area contributed by atoms with Crippen LogP contribution in [-0.4, -0.2) is 5.16 Å². The quantitative estimate of drug-likeness (QED) is 0.704. The molecule has 2 aromatic rings. The fraction of sp³-hybridized carbons (Fsp3) is 0.125. The second kappa shape index (κ2) is 2.92. The monoisotopic (exact) mass is 199 g/mol. The fourth-order valence-corrected chi connectivity index (χ4v) is 1.93. The van der Waals surface area contributed by atoms with Crippen molar-refractivity contribution in [2.75, 3.05) is 0 Å². The Morgan fingerprint density at radius 1 is 1.50 bits per heavy atom. The van der Waals surface area contributed by atoms with Crippen molar-refractivity contribution >= 4 is 22.9 Å². The Kier molecular flexibility index (Phi) is 1.90. The summed E-state index contributed by atoms with van der Waals surface area (Å²) >= 11 is 7.27. The van der Waals surface area contributed by atoms with Gasteiger partial charge < -0.3 is 4.52 Å². The third-order valence-electron chi connectivity index (χ3n) is 1.45. The molecule has 0 unspecified atom stereocenters. The van der Waals surface area contributed by atoms with E-state index in [1.807, 2.05) is 25.1 Å². The van der Waals surface area contributed by atoms with Gasteiger partial charge in [-0.1, -0.05) is 16.8 Å². The molecule has 0 saturated heterocycles. The highest BCUT2D eigenvalue weighted by Crippen LogP contribution is 2.30. The predicted octanol–water partition coefficient (Wildman–Crippen LogP) is 3.36. The van der Waals surface area contributed by atoms with Crippen molar-refractivity contribution in [2.45, 2.75) is 6.92 Å². The molecular weight excluding hydrogens is 194 g/mol. The van der Waals surface area contributed by atoms with Gasteiger partial charge in [0.2, 0.25) is 0 Å². The van der Waals surface area contributed by atoms with E-state index < -0.39 is 0 Å². The molecule has 0 N–H and O–H groups in total. The van der Waals surface area contributed by atoms with Gasteiger partial charge in [0, 0.05) is 6.07 Å². The summed E-state index contributed by atoms with van der Waals surface area (Å²) in [4.78, 5) is 1.04. The molecule has 0 fully saturated rings. The molecule has 0 aliphatic rings. The molecule has 2 heterocycles. The number of halogens is 1. The summed E-state index contributed by atoms with van der Waals surface area (Å²) in [7, 11) is 0. The van der Waals surface area contributed by atoms with E-state index in [1.54, 1.807) is 0 Å². The van der Waals surface area contributed by atoms with Crippen LogP contribution in [-0.2, 0) is 0 Å². The van der Waals surface area contributed by atoms with Crippen LogP contribution in [0.15, 0.2) is 22.7 Å². The first-order valence-electron chi connectivity index (χ1n) is 3.45. The molecule has 0 aliphatic heterocycles. The maximum Gasteiger partial charge on any atom is 0.134 e. The highest BCUT2D eigenvalue weighted by molar-refractivity contribution is 7.19. The summed E-state index contributed by atoms with van der Waals surface area (Å²) < 4.78 is 5.71. The zero-order chi connectivity index (χ0) is 8.55. The number of hydrogen-bond acceptors (Lipinski definition) is 3. The number of thiophene rings is 1. The van der Waals surface area contributed by atoms with Gasteiger partial charge >= 0.3 is 0 Å². The van der Waals surface area contributed by atoms with Gasteiger partial charge in [-0.05, 0) is 19.1 Å². The molecule has 0 radical (unpaired) electrons. The molecule has 0 aromatic carbocycles. The fourth-order valence-electron chi connectivity index (χ4n) is 0.934. The first kappa shape index (κ1) is 7.83. The Morgan fingerprint density at radius 3 is 2.83 bits per heavy atom. The highest BCUT2D eigenvalue weighted by Gasteiger charge is 2.05. The van der Waals surface area contributed by atoms with Crippen LogP contribution in [0.5, 0.6) is 0 Å². The van der Waals surface area contributed by atoms with E-state index in [2.05, 4.69) is 5.16 Å². The summed E-state index contributed by atoms with van der Waals surface area (Å²) in [6.07, 6.45) is 0. The highest BCUT2D eigenvalue weighted by atomic mass is 35.5. The third kappa shape index (κ3) is 1.38. The van der Waals surface area contributed by atoms with Gasteiger partial charge in [0.05, 0.1) is 9.21 Å². The summed E-state index contributed by atoms with van der Waals surface area (Å²) in [5.74, 6) is 0.814. The molecular formula is C8H6ClNOS. The maximum absolute atomic E-state index is 5.78. The van der Waals surface area contributed by atoms with Gasteiger partial charge in [-0.15, -0.1) is 11.3 Å². The van der Waals surface area contributed by atoms with Gasteiger partial charge in [-0.25, -0.2) is 0 Å². The molecule has 0 saturated carbocycles. The van der Waals surface area contributed by atoms with E-state index in [9.17, 15) is 0 Å². The van der Waals surface area contributed by atoms with E-state index in [4.69, 9.17) is 16.1 Å². The van der Waals surface area contributed by atoms with Gasteiger partial charge in [0.1, 0.15) is 11.5 Å². The van der Waals surface area contributed by atoms with Crippen LogP contribution in [0.2, 0.25) is 4.34 Å². The van der Waals surface area contributed by atoms with Crippen molar-refractivity contribution in [3.8, 4) is 10.6 Å². The molecule has 0 amide bonds. The second-order valence-electron chi connectivity index (χ2n) is 2.43. The molecule has 0 aliphatic carbocycles. The van der Waals surface area contributed by atoms with Crippen LogP contribution in [0.25, 0.3) is 10.6 Å². The number of hydrogen-bond donors (Lipinski definition) is 0. The minimum atomic E-state index is 0.769. The van der Waals surface area contributed by atoms with Crippen molar-refractivity contribution < 1.29 is 4.52 Å². The van der Waals surface area contributed by atoms with Crippen LogP contribution in [0.3, 0.4) is 0 Å². The van der Waals surface area contributed by atoms with Gasteiger partial charge in [0.15, 0.2) is 0 Å². The molecule has 2 nitrogen and oxygen atoms in total. The Balaban J connectivity index is 2.43. The molecule has 4 heteroatoms. The van der Waals surface area contributed by atoms with Crippen LogP contribution in [0, 0.1) is 6.92 Å². The van der Waals surface area contributed by atoms with Gasteiger partial charge in [0.25, 0.3) is 0 Å². The second-order valence-corrected chi connectivity index (χ2v) is 4.14. The summed E-state index contributed by atoms with van der Waals surface area (Å²) in [6.45, 7) is 1.87. The molecule has 12 heavy (non-hydrogen) atoms. The first-order valence-corrected chi connectivity index (χ1v) is 4.64.